The zero-order chi connectivity index (χ0) is 4.57. The minimum Gasteiger partial charge on any atom is -0.0692 e. The Labute approximate surface area is 40.3 Å². The van der Waals surface area contributed by atoms with Crippen LogP contribution in [-0.4, -0.2) is 7.85 Å². The second kappa shape index (κ2) is 1.29. The van der Waals surface area contributed by atoms with E-state index in [-0.39, 0.29) is 0 Å². The molecule has 0 atom stereocenters. The molecule has 0 heterocycles. The molecule has 0 unspecified atom stereocenters. The van der Waals surface area contributed by atoms with Crippen LogP contribution in [0.5, 0.6) is 0 Å². The van der Waals surface area contributed by atoms with E-state index in [1.54, 1.807) is 0 Å². The van der Waals surface area contributed by atoms with Gasteiger partial charge >= 0.3 is 0 Å². The van der Waals surface area contributed by atoms with Crippen molar-refractivity contribution in [2.75, 3.05) is 0 Å². The van der Waals surface area contributed by atoms with Gasteiger partial charge in [0, 0.05) is 0 Å². The molecule has 0 bridgehead atoms. The van der Waals surface area contributed by atoms with Crippen molar-refractivity contribution in [2.24, 2.45) is 5.92 Å². The van der Waals surface area contributed by atoms with Crippen LogP contribution in [0.25, 0.3) is 0 Å². The molecule has 34 valence electrons. The summed E-state index contributed by atoms with van der Waals surface area (Å²) in [5.41, 5.74) is 0. The lowest BCUT2D eigenvalue weighted by molar-refractivity contribution is 0.347. The molecule has 0 aromatic carbocycles. The first kappa shape index (κ1) is 4.23. The summed E-state index contributed by atoms with van der Waals surface area (Å²) in [4.78, 5) is 0. The van der Waals surface area contributed by atoms with Gasteiger partial charge in [0.1, 0.15) is 7.85 Å². The molecule has 0 saturated heterocycles. The topological polar surface area (TPSA) is 0 Å². The van der Waals surface area contributed by atoms with Gasteiger partial charge in [-0.3, -0.25) is 0 Å². The molecule has 1 aliphatic carbocycles. The van der Waals surface area contributed by atoms with Crippen molar-refractivity contribution in [2.45, 2.75) is 25.6 Å². The maximum Gasteiger partial charge on any atom is 0.105 e. The zero-order valence-corrected chi connectivity index (χ0v) is 4.57. The zero-order valence-electron chi connectivity index (χ0n) is 4.57. The fraction of sp³-hybridized carbons (Fsp3) is 1.00. The largest absolute Gasteiger partial charge is 0.105 e. The van der Waals surface area contributed by atoms with E-state index >= 15 is 0 Å². The number of hydrogen-bond acceptors (Lipinski definition) is 0. The van der Waals surface area contributed by atoms with Gasteiger partial charge in [0.15, 0.2) is 0 Å². The Morgan fingerprint density at radius 3 is 2.00 bits per heavy atom. The number of hydrogen-bond donors (Lipinski definition) is 0. The third-order valence-corrected chi connectivity index (χ3v) is 1.61. The molecular weight excluding hydrogens is 70.9 g/mol. The average molecular weight is 82.0 g/mol. The molecule has 1 rings (SSSR count). The van der Waals surface area contributed by atoms with Gasteiger partial charge < -0.3 is 0 Å². The first-order chi connectivity index (χ1) is 2.79. The lowest BCUT2D eigenvalue weighted by atomic mass is 9.65. The summed E-state index contributed by atoms with van der Waals surface area (Å²) in [5.74, 6) is 2.08. The van der Waals surface area contributed by atoms with Crippen LogP contribution in [0.15, 0.2) is 0 Å². The van der Waals surface area contributed by atoms with Crippen molar-refractivity contribution in [3.05, 3.63) is 0 Å². The van der Waals surface area contributed by atoms with Gasteiger partial charge in [-0.25, -0.2) is 0 Å². The summed E-state index contributed by atoms with van der Waals surface area (Å²) >= 11 is 0. The molecule has 0 radical (unpaired) electrons. The smallest absolute Gasteiger partial charge is 0.0692 e. The first-order valence-corrected chi connectivity index (χ1v) is 2.79. The first-order valence-electron chi connectivity index (χ1n) is 2.79. The third kappa shape index (κ3) is 0.587. The Bertz CT molecular complexity index is 39.9. The maximum absolute atomic E-state index is 2.32. The van der Waals surface area contributed by atoms with E-state index in [1.807, 2.05) is 0 Å². The molecular formula is C5H11B. The predicted molar refractivity (Wildman–Crippen MR) is 30.7 cm³/mol. The van der Waals surface area contributed by atoms with E-state index in [0.717, 1.165) is 11.7 Å². The standard InChI is InChI=1S/C5H11B/c1-4-2-5(6)3-4/h4-5H,2-3,6H2,1H3. The van der Waals surface area contributed by atoms with Gasteiger partial charge in [0.2, 0.25) is 0 Å². The van der Waals surface area contributed by atoms with Gasteiger partial charge in [0.05, 0.1) is 0 Å². The normalized spacial score (nSPS) is 44.8. The highest BCUT2D eigenvalue weighted by Crippen LogP contribution is 2.34. The molecule has 0 aromatic heterocycles. The molecule has 6 heavy (non-hydrogen) atoms. The number of rotatable bonds is 0. The van der Waals surface area contributed by atoms with Crippen LogP contribution in [0.4, 0.5) is 0 Å². The van der Waals surface area contributed by atoms with Gasteiger partial charge in [-0.1, -0.05) is 25.6 Å². The predicted octanol–water partition coefficient (Wildman–Crippen LogP) is 0.838. The van der Waals surface area contributed by atoms with E-state index in [4.69, 9.17) is 0 Å². The summed E-state index contributed by atoms with van der Waals surface area (Å²) in [5, 5.41) is 0. The lowest BCUT2D eigenvalue weighted by Gasteiger charge is -2.28. The van der Waals surface area contributed by atoms with Crippen LogP contribution < -0.4 is 0 Å². The van der Waals surface area contributed by atoms with Crippen LogP contribution in [0, 0.1) is 5.92 Å². The third-order valence-electron chi connectivity index (χ3n) is 1.61. The van der Waals surface area contributed by atoms with E-state index < -0.39 is 0 Å². The highest BCUT2D eigenvalue weighted by atomic mass is 14.2. The average Bonchev–Trinajstić information content (AvgIpc) is 1.33. The second-order valence-electron chi connectivity index (χ2n) is 2.68. The van der Waals surface area contributed by atoms with Crippen molar-refractivity contribution in [3.8, 4) is 0 Å². The minimum absolute atomic E-state index is 1.04. The van der Waals surface area contributed by atoms with Crippen LogP contribution in [0.1, 0.15) is 19.8 Å². The van der Waals surface area contributed by atoms with Crippen molar-refractivity contribution in [1.29, 1.82) is 0 Å². The van der Waals surface area contributed by atoms with Gasteiger partial charge in [0.25, 0.3) is 0 Å². The highest BCUT2D eigenvalue weighted by molar-refractivity contribution is 6.12. The molecule has 0 aliphatic heterocycles. The van der Waals surface area contributed by atoms with Crippen LogP contribution in [0.2, 0.25) is 5.82 Å². The molecule has 0 spiro atoms. The molecule has 1 fully saturated rings. The van der Waals surface area contributed by atoms with E-state index in [9.17, 15) is 0 Å². The van der Waals surface area contributed by atoms with Crippen LogP contribution in [0.3, 0.4) is 0 Å². The lowest BCUT2D eigenvalue weighted by Crippen LogP contribution is -2.14. The summed E-state index contributed by atoms with van der Waals surface area (Å²) in [6, 6.07) is 0. The van der Waals surface area contributed by atoms with E-state index in [0.29, 0.717) is 0 Å². The quantitative estimate of drug-likeness (QED) is 0.380. The Hall–Kier alpha value is 0.0649. The van der Waals surface area contributed by atoms with Crippen LogP contribution >= 0.6 is 0 Å². The maximum atomic E-state index is 2.32. The molecule has 0 N–H and O–H groups in total. The van der Waals surface area contributed by atoms with Crippen LogP contribution in [-0.2, 0) is 0 Å². The minimum atomic E-state index is 1.04. The molecule has 1 saturated carbocycles. The van der Waals surface area contributed by atoms with Crippen molar-refractivity contribution >= 4 is 7.85 Å². The Balaban J connectivity index is 2.11. The molecule has 1 heteroatoms. The molecule has 0 amide bonds. The van der Waals surface area contributed by atoms with Gasteiger partial charge in [-0.05, 0) is 5.92 Å². The molecule has 1 aliphatic rings. The summed E-state index contributed by atoms with van der Waals surface area (Å²) in [7, 11) is 2.32. The van der Waals surface area contributed by atoms with Crippen molar-refractivity contribution in [1.82, 2.24) is 0 Å². The molecule has 0 aromatic rings. The Morgan fingerprint density at radius 1 is 1.50 bits per heavy atom. The fourth-order valence-corrected chi connectivity index (χ4v) is 1.30. The Kier molecular flexibility index (Phi) is 0.907. The van der Waals surface area contributed by atoms with E-state index in [1.165, 1.54) is 12.8 Å². The highest BCUT2D eigenvalue weighted by Gasteiger charge is 2.19. The summed E-state index contributed by atoms with van der Waals surface area (Å²) in [6.45, 7) is 2.32. The summed E-state index contributed by atoms with van der Waals surface area (Å²) in [6.07, 6.45) is 2.94. The van der Waals surface area contributed by atoms with Crippen molar-refractivity contribution < 1.29 is 0 Å². The van der Waals surface area contributed by atoms with E-state index in [2.05, 4.69) is 14.8 Å². The second-order valence-corrected chi connectivity index (χ2v) is 2.68. The monoisotopic (exact) mass is 82.1 g/mol. The SMILES string of the molecule is BC1CC(C)C1. The van der Waals surface area contributed by atoms with Crippen molar-refractivity contribution in [3.63, 3.8) is 0 Å². The fourth-order valence-electron chi connectivity index (χ4n) is 1.30. The van der Waals surface area contributed by atoms with Gasteiger partial charge in [-0.2, -0.15) is 0 Å². The van der Waals surface area contributed by atoms with Gasteiger partial charge in [-0.15, -0.1) is 0 Å². The summed E-state index contributed by atoms with van der Waals surface area (Å²) < 4.78 is 0. The molecule has 0 nitrogen and oxygen atoms in total. The Morgan fingerprint density at radius 2 is 2.00 bits per heavy atom.